The molecule has 0 bridgehead atoms. The van der Waals surface area contributed by atoms with Gasteiger partial charge >= 0.3 is 11.0 Å². The molecule has 1 amide bonds. The molecule has 0 saturated carbocycles. The van der Waals surface area contributed by atoms with Crippen molar-refractivity contribution in [3.63, 3.8) is 0 Å². The summed E-state index contributed by atoms with van der Waals surface area (Å²) < 4.78 is 6.64. The first-order valence-electron chi connectivity index (χ1n) is 12.3. The van der Waals surface area contributed by atoms with E-state index in [-0.39, 0.29) is 33.0 Å². The molecule has 12 nitrogen and oxygen atoms in total. The van der Waals surface area contributed by atoms with Gasteiger partial charge in [-0.25, -0.2) is 9.48 Å². The van der Waals surface area contributed by atoms with Crippen LogP contribution in [0.2, 0.25) is 0 Å². The number of carbonyl (C=O) groups excluding carboxylic acids is 2. The summed E-state index contributed by atoms with van der Waals surface area (Å²) in [5.74, 6) is -0.508. The van der Waals surface area contributed by atoms with Crippen molar-refractivity contribution in [3.05, 3.63) is 63.1 Å². The number of nitro groups is 1. The van der Waals surface area contributed by atoms with Crippen LogP contribution in [0.25, 0.3) is 16.7 Å². The summed E-state index contributed by atoms with van der Waals surface area (Å²) in [6.07, 6.45) is 2.89. The maximum absolute atomic E-state index is 13.1. The van der Waals surface area contributed by atoms with Crippen LogP contribution in [0.4, 0.5) is 16.8 Å². The minimum atomic E-state index is -0.557. The predicted molar refractivity (Wildman–Crippen MR) is 147 cm³/mol. The second-order valence-electron chi connectivity index (χ2n) is 10.2. The van der Waals surface area contributed by atoms with E-state index in [0.717, 1.165) is 29.0 Å². The summed E-state index contributed by atoms with van der Waals surface area (Å²) in [5.41, 5.74) is 2.34. The molecule has 1 aliphatic heterocycles. The standard InChI is InChI=1S/C26H27N7O5S/c1-26(2,3)15-7-9-16(10-8-15)32-22-17(14-27-32)21(28-23(34)19-11-12-20(39-19)33(36)37)29-25(30-22)31-13-5-6-18(31)24(35)38-4/h7-12,14,18H,5-6,13H2,1-4H3,(H,28,29,30,34)/t18-/m0/s1. The molecular formula is C26H27N7O5S. The Balaban J connectivity index is 1.60. The van der Waals surface area contributed by atoms with E-state index >= 15 is 0 Å². The number of aromatic nitrogens is 4. The highest BCUT2D eigenvalue weighted by atomic mass is 32.1. The van der Waals surface area contributed by atoms with Crippen LogP contribution in [0.5, 0.6) is 0 Å². The zero-order valence-electron chi connectivity index (χ0n) is 21.9. The quantitative estimate of drug-likeness (QED) is 0.209. The molecule has 202 valence electrons. The molecule has 4 heterocycles. The Bertz CT molecular complexity index is 1570. The van der Waals surface area contributed by atoms with Crippen LogP contribution in [0, 0.1) is 10.1 Å². The van der Waals surface area contributed by atoms with E-state index in [4.69, 9.17) is 9.72 Å². The fraction of sp³-hybridized carbons (Fsp3) is 0.346. The van der Waals surface area contributed by atoms with Gasteiger partial charge in [0.2, 0.25) is 5.95 Å². The van der Waals surface area contributed by atoms with E-state index in [0.29, 0.717) is 24.0 Å². The lowest BCUT2D eigenvalue weighted by atomic mass is 9.87. The zero-order valence-corrected chi connectivity index (χ0v) is 22.7. The van der Waals surface area contributed by atoms with Gasteiger partial charge in [0.05, 0.1) is 34.2 Å². The average Bonchev–Trinajstić information content (AvgIpc) is 3.67. The fourth-order valence-corrected chi connectivity index (χ4v) is 5.23. The summed E-state index contributed by atoms with van der Waals surface area (Å²) in [5, 5.41) is 18.7. The number of rotatable bonds is 6. The monoisotopic (exact) mass is 549 g/mol. The lowest BCUT2D eigenvalue weighted by Gasteiger charge is -2.23. The Kier molecular flexibility index (Phi) is 6.76. The summed E-state index contributed by atoms with van der Waals surface area (Å²) in [4.78, 5) is 47.4. The molecule has 1 N–H and O–H groups in total. The number of methoxy groups -OCH3 is 1. The largest absolute Gasteiger partial charge is 0.467 e. The van der Waals surface area contributed by atoms with Crippen molar-refractivity contribution in [2.45, 2.75) is 45.1 Å². The minimum Gasteiger partial charge on any atom is -0.467 e. The van der Waals surface area contributed by atoms with Crippen LogP contribution in [0.15, 0.2) is 42.6 Å². The van der Waals surface area contributed by atoms with Gasteiger partial charge in [0.25, 0.3) is 5.91 Å². The summed E-state index contributed by atoms with van der Waals surface area (Å²) >= 11 is 0.769. The molecule has 0 radical (unpaired) electrons. The van der Waals surface area contributed by atoms with Crippen molar-refractivity contribution < 1.29 is 19.2 Å². The Hall–Kier alpha value is -4.39. The van der Waals surface area contributed by atoms with Crippen LogP contribution in [-0.2, 0) is 14.9 Å². The maximum Gasteiger partial charge on any atom is 0.328 e. The topological polar surface area (TPSA) is 145 Å². The number of amides is 1. The van der Waals surface area contributed by atoms with E-state index in [2.05, 4.69) is 36.2 Å². The number of hydrogen-bond donors (Lipinski definition) is 1. The smallest absolute Gasteiger partial charge is 0.328 e. The number of nitrogens with zero attached hydrogens (tertiary/aromatic N) is 6. The number of benzene rings is 1. The van der Waals surface area contributed by atoms with E-state index in [1.165, 1.54) is 19.2 Å². The number of ether oxygens (including phenoxy) is 1. The van der Waals surface area contributed by atoms with Crippen molar-refractivity contribution in [2.24, 2.45) is 0 Å². The van der Waals surface area contributed by atoms with E-state index < -0.39 is 16.9 Å². The van der Waals surface area contributed by atoms with E-state index in [9.17, 15) is 19.7 Å². The second kappa shape index (κ2) is 10.1. The third kappa shape index (κ3) is 5.04. The Morgan fingerprint density at radius 1 is 1.15 bits per heavy atom. The van der Waals surface area contributed by atoms with Gasteiger partial charge in [0.15, 0.2) is 5.65 Å². The van der Waals surface area contributed by atoms with Crippen molar-refractivity contribution in [3.8, 4) is 5.69 Å². The van der Waals surface area contributed by atoms with Gasteiger partial charge in [-0.15, -0.1) is 0 Å². The SMILES string of the molecule is COC(=O)[C@@H]1CCCN1c1nc(NC(=O)c2ccc([N+](=O)[O-])s2)c2cnn(-c3ccc(C(C)(C)C)cc3)c2n1. The lowest BCUT2D eigenvalue weighted by Crippen LogP contribution is -2.38. The van der Waals surface area contributed by atoms with Crippen molar-refractivity contribution >= 4 is 51.0 Å². The number of carbonyl (C=O) groups is 2. The van der Waals surface area contributed by atoms with Crippen LogP contribution in [0.3, 0.4) is 0 Å². The van der Waals surface area contributed by atoms with Gasteiger partial charge in [-0.2, -0.15) is 15.1 Å². The Morgan fingerprint density at radius 2 is 1.90 bits per heavy atom. The highest BCUT2D eigenvalue weighted by Gasteiger charge is 2.34. The first kappa shape index (κ1) is 26.2. The van der Waals surface area contributed by atoms with E-state index in [1.807, 2.05) is 24.3 Å². The minimum absolute atomic E-state index is 0.0208. The molecule has 1 aliphatic rings. The van der Waals surface area contributed by atoms with Gasteiger partial charge < -0.3 is 15.0 Å². The van der Waals surface area contributed by atoms with Crippen molar-refractivity contribution in [2.75, 3.05) is 23.9 Å². The third-order valence-corrected chi connectivity index (χ3v) is 7.64. The second-order valence-corrected chi connectivity index (χ2v) is 11.2. The first-order valence-corrected chi connectivity index (χ1v) is 13.1. The molecule has 1 aromatic carbocycles. The molecule has 0 aliphatic carbocycles. The molecule has 4 aromatic rings. The van der Waals surface area contributed by atoms with Crippen molar-refractivity contribution in [1.82, 2.24) is 19.7 Å². The van der Waals surface area contributed by atoms with Gasteiger partial charge in [-0.05, 0) is 42.0 Å². The number of hydrogen-bond acceptors (Lipinski definition) is 10. The highest BCUT2D eigenvalue weighted by molar-refractivity contribution is 7.17. The summed E-state index contributed by atoms with van der Waals surface area (Å²) in [6.45, 7) is 6.94. The van der Waals surface area contributed by atoms with Gasteiger partial charge in [-0.3, -0.25) is 14.9 Å². The number of anilines is 2. The molecule has 5 rings (SSSR count). The fourth-order valence-electron chi connectivity index (χ4n) is 4.52. The van der Waals surface area contributed by atoms with Crippen molar-refractivity contribution in [1.29, 1.82) is 0 Å². The molecule has 0 unspecified atom stereocenters. The number of esters is 1. The van der Waals surface area contributed by atoms with Crippen LogP contribution >= 0.6 is 11.3 Å². The molecule has 39 heavy (non-hydrogen) atoms. The zero-order chi connectivity index (χ0) is 27.9. The molecule has 3 aromatic heterocycles. The normalized spacial score (nSPS) is 15.5. The maximum atomic E-state index is 13.1. The summed E-state index contributed by atoms with van der Waals surface area (Å²) in [7, 11) is 1.34. The average molecular weight is 550 g/mol. The Morgan fingerprint density at radius 3 is 2.54 bits per heavy atom. The van der Waals surface area contributed by atoms with Gasteiger partial charge in [0.1, 0.15) is 11.9 Å². The molecule has 0 spiro atoms. The van der Waals surface area contributed by atoms with Crippen LogP contribution in [0.1, 0.15) is 48.8 Å². The van der Waals surface area contributed by atoms with Crippen LogP contribution < -0.4 is 10.2 Å². The Labute approximate surface area is 227 Å². The molecule has 1 saturated heterocycles. The lowest BCUT2D eigenvalue weighted by molar-refractivity contribution is -0.380. The number of nitrogens with one attached hydrogen (secondary N) is 1. The number of thiophene rings is 1. The molecule has 1 fully saturated rings. The molecule has 1 atom stereocenters. The number of fused-ring (bicyclic) bond motifs is 1. The van der Waals surface area contributed by atoms with Gasteiger partial charge in [-0.1, -0.05) is 44.2 Å². The summed E-state index contributed by atoms with van der Waals surface area (Å²) in [6, 6.07) is 10.1. The van der Waals surface area contributed by atoms with E-state index in [1.54, 1.807) is 15.8 Å². The van der Waals surface area contributed by atoms with Gasteiger partial charge in [0, 0.05) is 12.6 Å². The first-order chi connectivity index (χ1) is 18.6. The molecular weight excluding hydrogens is 522 g/mol. The highest BCUT2D eigenvalue weighted by Crippen LogP contribution is 2.31. The third-order valence-electron chi connectivity index (χ3n) is 6.60. The predicted octanol–water partition coefficient (Wildman–Crippen LogP) is 4.48. The van der Waals surface area contributed by atoms with Crippen LogP contribution in [-0.4, -0.2) is 56.2 Å². The molecule has 13 heteroatoms.